The number of aromatic nitrogens is 3. The molecule has 0 spiro atoms. The molecule has 2 heterocycles. The lowest BCUT2D eigenvalue weighted by molar-refractivity contribution is 0.0994. The van der Waals surface area contributed by atoms with Crippen LogP contribution in [-0.4, -0.2) is 40.4 Å². The molecule has 0 fully saturated rings. The minimum absolute atomic E-state index is 0.0516. The average Bonchev–Trinajstić information content (AvgIpc) is 2.90. The van der Waals surface area contributed by atoms with Crippen molar-refractivity contribution in [2.24, 2.45) is 7.05 Å². The number of rotatable bonds is 6. The highest BCUT2D eigenvalue weighted by Crippen LogP contribution is 2.28. The van der Waals surface area contributed by atoms with Crippen LogP contribution in [0.3, 0.4) is 0 Å². The second kappa shape index (κ2) is 7.30. The van der Waals surface area contributed by atoms with Gasteiger partial charge in [0.2, 0.25) is 0 Å². The molecule has 0 N–H and O–H groups in total. The summed E-state index contributed by atoms with van der Waals surface area (Å²) in [5.74, 6) is 0. The number of nitrogens with zero attached hydrogens (tertiary/aromatic N) is 4. The second-order valence-corrected chi connectivity index (χ2v) is 6.25. The van der Waals surface area contributed by atoms with Crippen molar-refractivity contribution < 1.29 is 4.74 Å². The lowest BCUT2D eigenvalue weighted by Crippen LogP contribution is -2.28. The highest BCUT2D eigenvalue weighted by atomic mass is 35.5. The third-order valence-corrected chi connectivity index (χ3v) is 4.50. The van der Waals surface area contributed by atoms with E-state index in [0.29, 0.717) is 13.2 Å². The van der Waals surface area contributed by atoms with Crippen LogP contribution in [-0.2, 0) is 18.3 Å². The maximum atomic E-state index is 6.41. The number of fused-ring (bicyclic) bond motifs is 1. The first-order chi connectivity index (χ1) is 11.6. The number of hydrogen-bond acceptors (Lipinski definition) is 4. The first kappa shape index (κ1) is 16.9. The summed E-state index contributed by atoms with van der Waals surface area (Å²) in [7, 11) is 5.69. The van der Waals surface area contributed by atoms with Crippen LogP contribution in [0, 0.1) is 0 Å². The molecule has 6 heteroatoms. The third-order valence-electron chi connectivity index (χ3n) is 4.18. The van der Waals surface area contributed by atoms with Crippen LogP contribution in [0.5, 0.6) is 0 Å². The molecule has 2 aromatic heterocycles. The number of likely N-dealkylation sites (N-methyl/N-ethyl adjacent to an activating group) is 1. The molecular formula is C18H21ClN4O. The maximum absolute atomic E-state index is 6.41. The molecule has 126 valence electrons. The van der Waals surface area contributed by atoms with Gasteiger partial charge in [0.25, 0.3) is 0 Å². The predicted octanol–water partition coefficient (Wildman–Crippen LogP) is 3.44. The first-order valence-electron chi connectivity index (χ1n) is 7.82. The van der Waals surface area contributed by atoms with Gasteiger partial charge in [0.15, 0.2) is 0 Å². The highest BCUT2D eigenvalue weighted by Gasteiger charge is 2.21. The zero-order valence-electron chi connectivity index (χ0n) is 14.1. The zero-order valence-corrected chi connectivity index (χ0v) is 14.9. The SMILES string of the molecule is COCC(c1ccccn1)N(C)Cc1nn(C)c2cccc(Cl)c12. The van der Waals surface area contributed by atoms with Gasteiger partial charge < -0.3 is 4.74 Å². The van der Waals surface area contributed by atoms with Gasteiger partial charge in [-0.15, -0.1) is 0 Å². The van der Waals surface area contributed by atoms with E-state index in [0.717, 1.165) is 27.3 Å². The smallest absolute Gasteiger partial charge is 0.0858 e. The molecule has 0 bridgehead atoms. The first-order valence-corrected chi connectivity index (χ1v) is 8.19. The number of ether oxygens (including phenoxy) is 1. The van der Waals surface area contributed by atoms with Gasteiger partial charge in [-0.05, 0) is 31.3 Å². The van der Waals surface area contributed by atoms with Gasteiger partial charge >= 0.3 is 0 Å². The number of aryl methyl sites for hydroxylation is 1. The van der Waals surface area contributed by atoms with E-state index in [9.17, 15) is 0 Å². The Kier molecular flexibility index (Phi) is 5.14. The fraction of sp³-hybridized carbons (Fsp3) is 0.333. The van der Waals surface area contributed by atoms with Gasteiger partial charge in [0, 0.05) is 32.3 Å². The van der Waals surface area contributed by atoms with Crippen LogP contribution in [0.2, 0.25) is 5.02 Å². The molecule has 0 saturated heterocycles. The summed E-state index contributed by atoms with van der Waals surface area (Å²) in [6, 6.07) is 11.9. The van der Waals surface area contributed by atoms with Crippen LogP contribution in [0.4, 0.5) is 0 Å². The van der Waals surface area contributed by atoms with Gasteiger partial charge in [0.1, 0.15) is 0 Å². The van der Waals surface area contributed by atoms with Crippen LogP contribution in [0.15, 0.2) is 42.6 Å². The number of hydrogen-bond donors (Lipinski definition) is 0. The van der Waals surface area contributed by atoms with Crippen molar-refractivity contribution in [3.05, 3.63) is 59.0 Å². The molecule has 5 nitrogen and oxygen atoms in total. The van der Waals surface area contributed by atoms with Crippen LogP contribution < -0.4 is 0 Å². The van der Waals surface area contributed by atoms with Gasteiger partial charge in [0.05, 0.1) is 34.6 Å². The summed E-state index contributed by atoms with van der Waals surface area (Å²) < 4.78 is 7.27. The van der Waals surface area contributed by atoms with E-state index in [4.69, 9.17) is 16.3 Å². The molecule has 3 aromatic rings. The average molecular weight is 345 g/mol. The topological polar surface area (TPSA) is 43.2 Å². The van der Waals surface area contributed by atoms with Crippen molar-refractivity contribution in [3.63, 3.8) is 0 Å². The molecule has 0 aliphatic rings. The molecule has 0 amide bonds. The van der Waals surface area contributed by atoms with Crippen LogP contribution in [0.25, 0.3) is 10.9 Å². The van der Waals surface area contributed by atoms with E-state index in [1.807, 2.05) is 48.1 Å². The Bertz CT molecular complexity index is 819. The molecule has 1 unspecified atom stereocenters. The molecule has 24 heavy (non-hydrogen) atoms. The van der Waals surface area contributed by atoms with Crippen molar-refractivity contribution in [1.29, 1.82) is 0 Å². The summed E-state index contributed by atoms with van der Waals surface area (Å²) in [6.07, 6.45) is 1.80. The number of pyridine rings is 1. The molecular weight excluding hydrogens is 324 g/mol. The van der Waals surface area contributed by atoms with Crippen molar-refractivity contribution in [2.45, 2.75) is 12.6 Å². The summed E-state index contributed by atoms with van der Waals surface area (Å²) in [5.41, 5.74) is 2.97. The fourth-order valence-electron chi connectivity index (χ4n) is 2.98. The van der Waals surface area contributed by atoms with Crippen molar-refractivity contribution >= 4 is 22.5 Å². The van der Waals surface area contributed by atoms with Gasteiger partial charge in [-0.1, -0.05) is 23.7 Å². The lowest BCUT2D eigenvalue weighted by atomic mass is 10.1. The Labute approximate surface area is 146 Å². The minimum atomic E-state index is 0.0516. The predicted molar refractivity (Wildman–Crippen MR) is 96.0 cm³/mol. The van der Waals surface area contributed by atoms with Crippen LogP contribution >= 0.6 is 11.6 Å². The summed E-state index contributed by atoms with van der Waals surface area (Å²) in [4.78, 5) is 6.66. The van der Waals surface area contributed by atoms with E-state index in [2.05, 4.69) is 22.0 Å². The fourth-order valence-corrected chi connectivity index (χ4v) is 3.26. The Hall–Kier alpha value is -1.95. The Morgan fingerprint density at radius 1 is 1.25 bits per heavy atom. The summed E-state index contributed by atoms with van der Waals surface area (Å²) >= 11 is 6.41. The Morgan fingerprint density at radius 2 is 2.08 bits per heavy atom. The highest BCUT2D eigenvalue weighted by molar-refractivity contribution is 6.35. The van der Waals surface area contributed by atoms with E-state index in [-0.39, 0.29) is 6.04 Å². The van der Waals surface area contributed by atoms with E-state index in [1.165, 1.54) is 0 Å². The van der Waals surface area contributed by atoms with Crippen molar-refractivity contribution in [2.75, 3.05) is 20.8 Å². The normalized spacial score (nSPS) is 12.9. The minimum Gasteiger partial charge on any atom is -0.383 e. The van der Waals surface area contributed by atoms with E-state index >= 15 is 0 Å². The number of benzene rings is 1. The molecule has 1 aromatic carbocycles. The monoisotopic (exact) mass is 344 g/mol. The van der Waals surface area contributed by atoms with E-state index in [1.54, 1.807) is 13.3 Å². The molecule has 0 aliphatic carbocycles. The Balaban J connectivity index is 1.92. The second-order valence-electron chi connectivity index (χ2n) is 5.85. The maximum Gasteiger partial charge on any atom is 0.0858 e. The molecule has 1 atom stereocenters. The summed E-state index contributed by atoms with van der Waals surface area (Å²) in [6.45, 7) is 1.22. The van der Waals surface area contributed by atoms with E-state index < -0.39 is 0 Å². The Morgan fingerprint density at radius 3 is 2.79 bits per heavy atom. The standard InChI is InChI=1S/C18H21ClN4O/c1-22(17(12-24-3)14-8-4-5-10-20-14)11-15-18-13(19)7-6-9-16(18)23(2)21-15/h4-10,17H,11-12H2,1-3H3. The quantitative estimate of drug-likeness (QED) is 0.687. The molecule has 0 radical (unpaired) electrons. The molecule has 3 rings (SSSR count). The summed E-state index contributed by atoms with van der Waals surface area (Å²) in [5, 5.41) is 6.39. The van der Waals surface area contributed by atoms with Gasteiger partial charge in [-0.2, -0.15) is 5.10 Å². The van der Waals surface area contributed by atoms with Gasteiger partial charge in [-0.3, -0.25) is 14.6 Å². The van der Waals surface area contributed by atoms with Gasteiger partial charge in [-0.25, -0.2) is 0 Å². The number of halogens is 1. The van der Waals surface area contributed by atoms with Crippen LogP contribution in [0.1, 0.15) is 17.4 Å². The third kappa shape index (κ3) is 3.29. The largest absolute Gasteiger partial charge is 0.383 e. The van der Waals surface area contributed by atoms with Crippen molar-refractivity contribution in [1.82, 2.24) is 19.7 Å². The molecule has 0 aliphatic heterocycles. The lowest BCUT2D eigenvalue weighted by Gasteiger charge is -2.26. The molecule has 0 saturated carbocycles. The van der Waals surface area contributed by atoms with Crippen molar-refractivity contribution in [3.8, 4) is 0 Å². The number of methoxy groups -OCH3 is 1. The zero-order chi connectivity index (χ0) is 17.1.